The lowest BCUT2D eigenvalue weighted by molar-refractivity contribution is -0.0228. The van der Waals surface area contributed by atoms with Crippen LogP contribution in [0.5, 0.6) is 0 Å². The second-order valence-corrected chi connectivity index (χ2v) is 7.27. The largest absolute Gasteiger partial charge is 0.386 e. The Balaban J connectivity index is 2.18. The van der Waals surface area contributed by atoms with Crippen molar-refractivity contribution in [3.05, 3.63) is 28.8 Å². The fraction of sp³-hybridized carbons (Fsp3) is 0.538. The van der Waals surface area contributed by atoms with E-state index in [9.17, 15) is 13.5 Å². The van der Waals surface area contributed by atoms with Crippen molar-refractivity contribution in [2.75, 3.05) is 13.2 Å². The Labute approximate surface area is 124 Å². The van der Waals surface area contributed by atoms with E-state index in [4.69, 9.17) is 16.3 Å². The number of rotatable bonds is 4. The van der Waals surface area contributed by atoms with E-state index in [1.165, 1.54) is 6.07 Å². The lowest BCUT2D eigenvalue weighted by Gasteiger charge is -2.26. The first-order valence-corrected chi connectivity index (χ1v) is 8.20. The average Bonchev–Trinajstić information content (AvgIpc) is 2.71. The molecule has 2 unspecified atom stereocenters. The summed E-state index contributed by atoms with van der Waals surface area (Å²) in [6.45, 7) is 3.77. The second-order valence-electron chi connectivity index (χ2n) is 5.10. The van der Waals surface area contributed by atoms with Gasteiger partial charge in [-0.25, -0.2) is 13.1 Å². The minimum absolute atomic E-state index is 0.0809. The summed E-state index contributed by atoms with van der Waals surface area (Å²) in [6.07, 6.45) is 0.0104. The molecule has 0 radical (unpaired) electrons. The number of sulfonamides is 1. The fourth-order valence-corrected chi connectivity index (χ4v) is 3.77. The molecule has 112 valence electrons. The molecule has 2 N–H and O–H groups in total. The molecule has 0 aliphatic carbocycles. The molecule has 0 saturated carbocycles. The van der Waals surface area contributed by atoms with Crippen molar-refractivity contribution in [3.8, 4) is 0 Å². The lowest BCUT2D eigenvalue weighted by Crippen LogP contribution is -2.47. The minimum Gasteiger partial charge on any atom is -0.386 e. The Morgan fingerprint density at radius 2 is 2.25 bits per heavy atom. The first-order chi connectivity index (χ1) is 9.24. The summed E-state index contributed by atoms with van der Waals surface area (Å²) in [5, 5.41) is 10.7. The molecule has 1 aromatic carbocycles. The third kappa shape index (κ3) is 3.15. The van der Waals surface area contributed by atoms with E-state index < -0.39 is 21.7 Å². The van der Waals surface area contributed by atoms with Gasteiger partial charge in [-0.1, -0.05) is 17.7 Å². The number of halogens is 1. The van der Waals surface area contributed by atoms with E-state index in [0.717, 1.165) is 0 Å². The van der Waals surface area contributed by atoms with Gasteiger partial charge in [-0.05, 0) is 31.5 Å². The highest BCUT2D eigenvalue weighted by Gasteiger charge is 2.40. The Kier molecular flexibility index (Phi) is 4.41. The van der Waals surface area contributed by atoms with Crippen molar-refractivity contribution < 1.29 is 18.3 Å². The van der Waals surface area contributed by atoms with Crippen LogP contribution in [0.2, 0.25) is 5.02 Å². The van der Waals surface area contributed by atoms with Crippen molar-refractivity contribution >= 4 is 21.6 Å². The van der Waals surface area contributed by atoms with Crippen molar-refractivity contribution in [1.29, 1.82) is 0 Å². The van der Waals surface area contributed by atoms with Crippen LogP contribution in [0.15, 0.2) is 23.1 Å². The maximum atomic E-state index is 12.3. The number of aliphatic hydroxyl groups is 1. The third-order valence-electron chi connectivity index (χ3n) is 3.67. The highest BCUT2D eigenvalue weighted by molar-refractivity contribution is 7.89. The molecule has 5 nitrogen and oxygen atoms in total. The molecule has 2 rings (SSSR count). The quantitative estimate of drug-likeness (QED) is 0.881. The van der Waals surface area contributed by atoms with Crippen LogP contribution in [0.25, 0.3) is 0 Å². The molecule has 20 heavy (non-hydrogen) atoms. The fourth-order valence-electron chi connectivity index (χ4n) is 2.16. The van der Waals surface area contributed by atoms with E-state index >= 15 is 0 Å². The van der Waals surface area contributed by atoms with Crippen LogP contribution >= 0.6 is 11.6 Å². The maximum absolute atomic E-state index is 12.3. The van der Waals surface area contributed by atoms with Gasteiger partial charge in [0.25, 0.3) is 0 Å². The molecule has 0 aromatic heterocycles. The molecule has 1 aromatic rings. The van der Waals surface area contributed by atoms with E-state index in [1.807, 2.05) is 0 Å². The van der Waals surface area contributed by atoms with Gasteiger partial charge in [-0.3, -0.25) is 0 Å². The topological polar surface area (TPSA) is 75.6 Å². The van der Waals surface area contributed by atoms with Crippen molar-refractivity contribution in [2.45, 2.75) is 36.9 Å². The van der Waals surface area contributed by atoms with Crippen LogP contribution in [0.4, 0.5) is 0 Å². The van der Waals surface area contributed by atoms with Crippen LogP contribution in [0.1, 0.15) is 18.9 Å². The van der Waals surface area contributed by atoms with Gasteiger partial charge >= 0.3 is 0 Å². The molecule has 0 amide bonds. The van der Waals surface area contributed by atoms with Crippen LogP contribution in [-0.4, -0.2) is 38.4 Å². The number of ether oxygens (including phenoxy) is 1. The molecule has 1 saturated heterocycles. The Hall–Kier alpha value is -0.660. The summed E-state index contributed by atoms with van der Waals surface area (Å²) < 4.78 is 32.3. The van der Waals surface area contributed by atoms with Gasteiger partial charge in [-0.2, -0.15) is 0 Å². The number of aryl methyl sites for hydroxylation is 1. The standard InChI is InChI=1S/C13H18ClNO4S/c1-9-3-4-11(14)7-12(9)20(17,18)15-8-13(16)5-6-19-10(13)2/h3-4,7,10,15-16H,5-6,8H2,1-2H3. The first-order valence-electron chi connectivity index (χ1n) is 6.34. The lowest BCUT2D eigenvalue weighted by atomic mass is 9.97. The molecule has 1 fully saturated rings. The molecule has 1 heterocycles. The normalized spacial score (nSPS) is 26.9. The van der Waals surface area contributed by atoms with Crippen molar-refractivity contribution in [3.63, 3.8) is 0 Å². The molecular weight excluding hydrogens is 302 g/mol. The van der Waals surface area contributed by atoms with Gasteiger partial charge < -0.3 is 9.84 Å². The zero-order valence-corrected chi connectivity index (χ0v) is 13.0. The average molecular weight is 320 g/mol. The molecule has 7 heteroatoms. The molecule has 1 aliphatic rings. The molecular formula is C13H18ClNO4S. The number of hydrogen-bond acceptors (Lipinski definition) is 4. The minimum atomic E-state index is -3.71. The predicted octanol–water partition coefficient (Wildman–Crippen LogP) is 1.47. The summed E-state index contributed by atoms with van der Waals surface area (Å²) >= 11 is 5.84. The van der Waals surface area contributed by atoms with Gasteiger partial charge in [0, 0.05) is 24.6 Å². The predicted molar refractivity (Wildman–Crippen MR) is 76.4 cm³/mol. The Morgan fingerprint density at radius 1 is 1.55 bits per heavy atom. The molecule has 0 spiro atoms. The van der Waals surface area contributed by atoms with E-state index in [2.05, 4.69) is 4.72 Å². The van der Waals surface area contributed by atoms with Gasteiger partial charge in [0.15, 0.2) is 0 Å². The third-order valence-corrected chi connectivity index (χ3v) is 5.45. The van der Waals surface area contributed by atoms with Crippen molar-refractivity contribution in [1.82, 2.24) is 4.72 Å². The van der Waals surface area contributed by atoms with Gasteiger partial charge in [-0.15, -0.1) is 0 Å². The van der Waals surface area contributed by atoms with E-state index in [0.29, 0.717) is 23.6 Å². The summed E-state index contributed by atoms with van der Waals surface area (Å²) in [5.74, 6) is 0. The van der Waals surface area contributed by atoms with Crippen LogP contribution in [0, 0.1) is 6.92 Å². The van der Waals surface area contributed by atoms with Gasteiger partial charge in [0.05, 0.1) is 11.0 Å². The zero-order chi connectivity index (χ0) is 15.0. The Bertz CT molecular complexity index is 604. The van der Waals surface area contributed by atoms with Gasteiger partial charge in [0.1, 0.15) is 5.60 Å². The van der Waals surface area contributed by atoms with Crippen LogP contribution in [0.3, 0.4) is 0 Å². The highest BCUT2D eigenvalue weighted by Crippen LogP contribution is 2.26. The van der Waals surface area contributed by atoms with Gasteiger partial charge in [0.2, 0.25) is 10.0 Å². The highest BCUT2D eigenvalue weighted by atomic mass is 35.5. The SMILES string of the molecule is Cc1ccc(Cl)cc1S(=O)(=O)NCC1(O)CCOC1C. The van der Waals surface area contributed by atoms with Crippen molar-refractivity contribution in [2.24, 2.45) is 0 Å². The number of hydrogen-bond donors (Lipinski definition) is 2. The molecule has 1 aliphatic heterocycles. The maximum Gasteiger partial charge on any atom is 0.240 e. The summed E-state index contributed by atoms with van der Waals surface area (Å²) in [5.41, 5.74) is -0.566. The summed E-state index contributed by atoms with van der Waals surface area (Å²) in [6, 6.07) is 4.68. The monoisotopic (exact) mass is 319 g/mol. The smallest absolute Gasteiger partial charge is 0.240 e. The summed E-state index contributed by atoms with van der Waals surface area (Å²) in [7, 11) is -3.71. The summed E-state index contributed by atoms with van der Waals surface area (Å²) in [4.78, 5) is 0.125. The van der Waals surface area contributed by atoms with E-state index in [-0.39, 0.29) is 11.4 Å². The Morgan fingerprint density at radius 3 is 2.85 bits per heavy atom. The molecule has 2 atom stereocenters. The first kappa shape index (κ1) is 15.7. The zero-order valence-electron chi connectivity index (χ0n) is 11.4. The number of nitrogens with one attached hydrogen (secondary N) is 1. The second kappa shape index (κ2) is 5.61. The van der Waals surface area contributed by atoms with E-state index in [1.54, 1.807) is 26.0 Å². The van der Waals surface area contributed by atoms with Crippen LogP contribution < -0.4 is 4.72 Å². The molecule has 0 bridgehead atoms. The number of benzene rings is 1. The van der Waals surface area contributed by atoms with Crippen LogP contribution in [-0.2, 0) is 14.8 Å².